The molecule has 0 N–H and O–H groups in total. The van der Waals surface area contributed by atoms with Crippen LogP contribution in [0.1, 0.15) is 5.56 Å². The fourth-order valence-corrected chi connectivity index (χ4v) is 2.17. The van der Waals surface area contributed by atoms with E-state index in [0.717, 1.165) is 18.2 Å². The molecule has 0 aliphatic rings. The zero-order valence-electron chi connectivity index (χ0n) is 13.9. The summed E-state index contributed by atoms with van der Waals surface area (Å²) in [5.74, 6) is 1.38. The third kappa shape index (κ3) is 3.40. The average molecular weight is 338 g/mol. The molecular formula is C17H15FN6O. The molecule has 0 spiro atoms. The van der Waals surface area contributed by atoms with E-state index >= 15 is 0 Å². The fourth-order valence-electron chi connectivity index (χ4n) is 2.17. The van der Waals surface area contributed by atoms with Gasteiger partial charge in [0.2, 0.25) is 5.88 Å². The van der Waals surface area contributed by atoms with Gasteiger partial charge in [0.1, 0.15) is 5.75 Å². The molecule has 0 saturated heterocycles. The highest BCUT2D eigenvalue weighted by Crippen LogP contribution is 2.33. The van der Waals surface area contributed by atoms with Gasteiger partial charge in [-0.15, -0.1) is 0 Å². The topological polar surface area (TPSA) is 79.9 Å². The molecule has 3 aromatic rings. The molecule has 0 bridgehead atoms. The van der Waals surface area contributed by atoms with Crippen molar-refractivity contribution in [2.75, 3.05) is 19.0 Å². The molecule has 0 aliphatic heterocycles. The quantitative estimate of drug-likeness (QED) is 0.728. The van der Waals surface area contributed by atoms with Crippen molar-refractivity contribution in [1.82, 2.24) is 19.7 Å². The highest BCUT2D eigenvalue weighted by Gasteiger charge is 2.15. The molecule has 2 heterocycles. The summed E-state index contributed by atoms with van der Waals surface area (Å²) in [5.41, 5.74) is 0.975. The Morgan fingerprint density at radius 3 is 2.52 bits per heavy atom. The summed E-state index contributed by atoms with van der Waals surface area (Å²) in [7, 11) is 5.50. The summed E-state index contributed by atoms with van der Waals surface area (Å²) in [6.07, 6.45) is 2.16. The number of nitrogens with zero attached hydrogens (tertiary/aromatic N) is 6. The van der Waals surface area contributed by atoms with Crippen molar-refractivity contribution in [1.29, 1.82) is 5.26 Å². The first kappa shape index (κ1) is 16.4. The van der Waals surface area contributed by atoms with Gasteiger partial charge in [0.15, 0.2) is 17.5 Å². The van der Waals surface area contributed by atoms with Gasteiger partial charge in [-0.1, -0.05) is 0 Å². The van der Waals surface area contributed by atoms with Crippen LogP contribution in [0.15, 0.2) is 36.7 Å². The van der Waals surface area contributed by atoms with Crippen molar-refractivity contribution < 1.29 is 9.13 Å². The van der Waals surface area contributed by atoms with Crippen LogP contribution in [0.4, 0.5) is 10.2 Å². The van der Waals surface area contributed by atoms with Crippen LogP contribution in [-0.2, 0) is 7.05 Å². The Bertz CT molecular complexity index is 943. The van der Waals surface area contributed by atoms with Crippen LogP contribution >= 0.6 is 0 Å². The maximum Gasteiger partial charge on any atom is 0.219 e. The van der Waals surface area contributed by atoms with E-state index in [-0.39, 0.29) is 0 Å². The van der Waals surface area contributed by atoms with Crippen molar-refractivity contribution in [3.63, 3.8) is 0 Å². The molecule has 0 saturated carbocycles. The third-order valence-corrected chi connectivity index (χ3v) is 3.47. The molecule has 1 aromatic carbocycles. The molecule has 25 heavy (non-hydrogen) atoms. The maximum absolute atomic E-state index is 13.1. The largest absolute Gasteiger partial charge is 0.438 e. The Morgan fingerprint density at radius 1 is 1.20 bits per heavy atom. The van der Waals surface area contributed by atoms with Crippen LogP contribution in [0.2, 0.25) is 0 Å². The molecule has 2 aromatic heterocycles. The van der Waals surface area contributed by atoms with Gasteiger partial charge in [0.05, 0.1) is 29.6 Å². The molecule has 7 nitrogen and oxygen atoms in total. The van der Waals surface area contributed by atoms with Crippen molar-refractivity contribution >= 4 is 5.82 Å². The normalized spacial score (nSPS) is 10.4. The van der Waals surface area contributed by atoms with Crippen LogP contribution < -0.4 is 9.64 Å². The van der Waals surface area contributed by atoms with Gasteiger partial charge in [-0.05, 0) is 18.2 Å². The predicted octanol–water partition coefficient (Wildman–Crippen LogP) is 2.75. The Hall–Kier alpha value is -3.47. The van der Waals surface area contributed by atoms with E-state index in [0.29, 0.717) is 28.6 Å². The summed E-state index contributed by atoms with van der Waals surface area (Å²) in [6, 6.07) is 8.73. The molecule has 0 radical (unpaired) electrons. The van der Waals surface area contributed by atoms with E-state index in [9.17, 15) is 4.39 Å². The van der Waals surface area contributed by atoms with E-state index in [1.54, 1.807) is 36.0 Å². The Morgan fingerprint density at radius 2 is 1.92 bits per heavy atom. The van der Waals surface area contributed by atoms with Crippen molar-refractivity contribution in [3.8, 4) is 29.1 Å². The second-order valence-corrected chi connectivity index (χ2v) is 5.51. The Balaban J connectivity index is 2.05. The number of nitriles is 1. The lowest BCUT2D eigenvalue weighted by molar-refractivity contribution is 0.432. The van der Waals surface area contributed by atoms with Gasteiger partial charge >= 0.3 is 0 Å². The van der Waals surface area contributed by atoms with Crippen LogP contribution in [0.5, 0.6) is 11.6 Å². The number of hydrogen-bond acceptors (Lipinski definition) is 6. The minimum absolute atomic E-state index is 0.302. The lowest BCUT2D eigenvalue weighted by atomic mass is 10.1. The van der Waals surface area contributed by atoms with E-state index in [4.69, 9.17) is 10.00 Å². The first-order valence-corrected chi connectivity index (χ1v) is 7.39. The number of benzene rings is 1. The first-order valence-electron chi connectivity index (χ1n) is 7.39. The zero-order valence-corrected chi connectivity index (χ0v) is 13.9. The maximum atomic E-state index is 13.1. The summed E-state index contributed by atoms with van der Waals surface area (Å²) >= 11 is 0. The minimum Gasteiger partial charge on any atom is -0.438 e. The third-order valence-electron chi connectivity index (χ3n) is 3.47. The monoisotopic (exact) mass is 338 g/mol. The highest BCUT2D eigenvalue weighted by molar-refractivity contribution is 5.66. The fraction of sp³-hybridized carbons (Fsp3) is 0.176. The van der Waals surface area contributed by atoms with Crippen molar-refractivity contribution in [2.45, 2.75) is 0 Å². The lowest BCUT2D eigenvalue weighted by Gasteiger charge is -2.10. The number of ether oxygens (including phenoxy) is 1. The number of rotatable bonds is 4. The molecule has 3 rings (SSSR count). The summed E-state index contributed by atoms with van der Waals surface area (Å²) in [5, 5.41) is 13.5. The minimum atomic E-state index is -0.526. The molecule has 0 atom stereocenters. The van der Waals surface area contributed by atoms with Gasteiger partial charge in [0.25, 0.3) is 0 Å². The zero-order chi connectivity index (χ0) is 18.0. The molecule has 0 amide bonds. The molecule has 0 aliphatic carbocycles. The summed E-state index contributed by atoms with van der Waals surface area (Å²) < 4.78 is 20.6. The first-order chi connectivity index (χ1) is 12.0. The highest BCUT2D eigenvalue weighted by atomic mass is 19.1. The predicted molar refractivity (Wildman–Crippen MR) is 89.8 cm³/mol. The van der Waals surface area contributed by atoms with E-state index in [1.807, 2.05) is 19.0 Å². The van der Waals surface area contributed by atoms with Crippen molar-refractivity contribution in [2.24, 2.45) is 7.05 Å². The number of anilines is 1. The average Bonchev–Trinajstić information content (AvgIpc) is 2.97. The number of hydrogen-bond donors (Lipinski definition) is 0. The van der Waals surface area contributed by atoms with Crippen LogP contribution in [0.25, 0.3) is 11.4 Å². The van der Waals surface area contributed by atoms with E-state index in [2.05, 4.69) is 21.1 Å². The molecule has 8 heteroatoms. The molecule has 126 valence electrons. The van der Waals surface area contributed by atoms with Crippen molar-refractivity contribution in [3.05, 3.63) is 48.0 Å². The number of aryl methyl sites for hydroxylation is 1. The number of halogens is 1. The lowest BCUT2D eigenvalue weighted by Crippen LogP contribution is -2.09. The standard InChI is InChI=1S/C17H15FN6O/c1-23(2)15-7-16(24(3)22-15)25-14-6-11(8-19)4-5-13(14)17-20-9-12(18)10-21-17/h4-7,9-10H,1-3H3. The van der Waals surface area contributed by atoms with Gasteiger partial charge in [0, 0.05) is 27.2 Å². The van der Waals surface area contributed by atoms with Gasteiger partial charge < -0.3 is 9.64 Å². The smallest absolute Gasteiger partial charge is 0.219 e. The second-order valence-electron chi connectivity index (χ2n) is 5.51. The van der Waals surface area contributed by atoms with Crippen LogP contribution in [-0.4, -0.2) is 33.8 Å². The summed E-state index contributed by atoms with van der Waals surface area (Å²) in [4.78, 5) is 9.81. The Labute approximate surface area is 143 Å². The SMILES string of the molecule is CN(C)c1cc(Oc2cc(C#N)ccc2-c2ncc(F)cn2)n(C)n1. The van der Waals surface area contributed by atoms with Gasteiger partial charge in [-0.2, -0.15) is 10.4 Å². The van der Waals surface area contributed by atoms with Crippen LogP contribution in [0, 0.1) is 17.1 Å². The van der Waals surface area contributed by atoms with E-state index in [1.165, 1.54) is 0 Å². The Kier molecular flexibility index (Phi) is 4.31. The molecule has 0 fully saturated rings. The second kappa shape index (κ2) is 6.57. The van der Waals surface area contributed by atoms with Gasteiger partial charge in [-0.3, -0.25) is 0 Å². The number of aromatic nitrogens is 4. The van der Waals surface area contributed by atoms with Crippen LogP contribution in [0.3, 0.4) is 0 Å². The summed E-state index contributed by atoms with van der Waals surface area (Å²) in [6.45, 7) is 0. The molecular weight excluding hydrogens is 323 g/mol. The van der Waals surface area contributed by atoms with E-state index < -0.39 is 5.82 Å². The molecule has 0 unspecified atom stereocenters. The van der Waals surface area contributed by atoms with Gasteiger partial charge in [-0.25, -0.2) is 19.0 Å².